The highest BCUT2D eigenvalue weighted by molar-refractivity contribution is 5.97. The highest BCUT2D eigenvalue weighted by Crippen LogP contribution is 2.26. The van der Waals surface area contributed by atoms with Gasteiger partial charge in [0.05, 0.1) is 11.3 Å². The first-order valence-corrected chi connectivity index (χ1v) is 8.50. The summed E-state index contributed by atoms with van der Waals surface area (Å²) in [7, 11) is 0. The number of carbonyl (C=O) groups excluding carboxylic acids is 1. The molecule has 0 N–H and O–H groups in total. The van der Waals surface area contributed by atoms with Crippen molar-refractivity contribution >= 4 is 5.78 Å². The molecule has 25 heavy (non-hydrogen) atoms. The van der Waals surface area contributed by atoms with Crippen LogP contribution in [0.2, 0.25) is 0 Å². The van der Waals surface area contributed by atoms with Crippen molar-refractivity contribution in [3.63, 3.8) is 0 Å². The lowest BCUT2D eigenvalue weighted by Gasteiger charge is -2.06. The van der Waals surface area contributed by atoms with Crippen molar-refractivity contribution in [3.8, 4) is 5.95 Å². The summed E-state index contributed by atoms with van der Waals surface area (Å²) in [6.07, 6.45) is 2.47. The molecule has 1 heterocycles. The Bertz CT molecular complexity index is 810. The molecular weight excluding hydrogens is 314 g/mol. The lowest BCUT2D eigenvalue weighted by molar-refractivity contribution is 0.0890. The van der Waals surface area contributed by atoms with E-state index < -0.39 is 0 Å². The van der Waals surface area contributed by atoms with Gasteiger partial charge in [-0.2, -0.15) is 0 Å². The molecule has 0 saturated heterocycles. The number of benzene rings is 2. The van der Waals surface area contributed by atoms with E-state index in [9.17, 15) is 4.79 Å². The standard InChI is InChI=1S/C21H21NO3/c1-2-9-19-18(14-16-10-5-3-6-11-16)21(25-22-19)24-15-20(23)17-12-7-4-8-13-17/h3-8,10-13H,2,9,14-15H2,1H3. The smallest absolute Gasteiger partial charge is 0.315 e. The van der Waals surface area contributed by atoms with E-state index in [0.29, 0.717) is 17.9 Å². The van der Waals surface area contributed by atoms with Gasteiger partial charge in [0.25, 0.3) is 0 Å². The largest absolute Gasteiger partial charge is 0.455 e. The lowest BCUT2D eigenvalue weighted by Crippen LogP contribution is -2.12. The van der Waals surface area contributed by atoms with Crippen LogP contribution in [0.5, 0.6) is 5.95 Å². The van der Waals surface area contributed by atoms with Crippen LogP contribution in [0.15, 0.2) is 65.2 Å². The van der Waals surface area contributed by atoms with E-state index >= 15 is 0 Å². The average Bonchev–Trinajstić information content (AvgIpc) is 3.03. The molecule has 0 atom stereocenters. The number of nitrogens with zero attached hydrogens (tertiary/aromatic N) is 1. The van der Waals surface area contributed by atoms with Crippen LogP contribution in [-0.2, 0) is 12.8 Å². The van der Waals surface area contributed by atoms with E-state index in [2.05, 4.69) is 24.2 Å². The summed E-state index contributed by atoms with van der Waals surface area (Å²) in [5.74, 6) is 0.260. The molecule has 0 aliphatic carbocycles. The summed E-state index contributed by atoms with van der Waals surface area (Å²) in [5, 5.41) is 4.14. The monoisotopic (exact) mass is 335 g/mol. The predicted octanol–water partition coefficient (Wildman–Crippen LogP) is 4.48. The van der Waals surface area contributed by atoms with E-state index in [1.54, 1.807) is 12.1 Å². The minimum atomic E-state index is -0.0836. The molecule has 0 unspecified atom stereocenters. The highest BCUT2D eigenvalue weighted by atomic mass is 16.6. The minimum Gasteiger partial charge on any atom is -0.455 e. The van der Waals surface area contributed by atoms with Crippen molar-refractivity contribution in [2.24, 2.45) is 0 Å². The van der Waals surface area contributed by atoms with Crippen LogP contribution in [0.4, 0.5) is 0 Å². The lowest BCUT2D eigenvalue weighted by atomic mass is 10.0. The molecule has 0 fully saturated rings. The molecule has 0 spiro atoms. The second-order valence-electron chi connectivity index (χ2n) is 5.89. The Hall–Kier alpha value is -2.88. The first-order chi connectivity index (χ1) is 12.3. The molecule has 0 radical (unpaired) electrons. The van der Waals surface area contributed by atoms with Crippen molar-refractivity contribution < 1.29 is 14.1 Å². The molecule has 1 aromatic heterocycles. The van der Waals surface area contributed by atoms with Crippen LogP contribution < -0.4 is 4.74 Å². The van der Waals surface area contributed by atoms with Gasteiger partial charge in [-0.15, -0.1) is 0 Å². The number of Topliss-reactive ketones (excluding diaryl/α,β-unsaturated/α-hetero) is 1. The quantitative estimate of drug-likeness (QED) is 0.570. The number of aryl methyl sites for hydroxylation is 1. The molecule has 128 valence electrons. The topological polar surface area (TPSA) is 52.3 Å². The molecule has 0 amide bonds. The fourth-order valence-electron chi connectivity index (χ4n) is 2.68. The van der Waals surface area contributed by atoms with E-state index in [1.165, 1.54) is 0 Å². The Morgan fingerprint density at radius 3 is 2.40 bits per heavy atom. The van der Waals surface area contributed by atoms with E-state index in [-0.39, 0.29) is 12.4 Å². The first-order valence-electron chi connectivity index (χ1n) is 8.50. The van der Waals surface area contributed by atoms with Gasteiger partial charge in [-0.3, -0.25) is 4.79 Å². The minimum absolute atomic E-state index is 0.0629. The molecule has 0 saturated carbocycles. The van der Waals surface area contributed by atoms with Gasteiger partial charge < -0.3 is 9.26 Å². The molecular formula is C21H21NO3. The predicted molar refractivity (Wildman–Crippen MR) is 96.0 cm³/mol. The molecule has 0 bridgehead atoms. The molecule has 2 aromatic carbocycles. The molecule has 4 heteroatoms. The van der Waals surface area contributed by atoms with Crippen molar-refractivity contribution in [1.82, 2.24) is 5.16 Å². The summed E-state index contributed by atoms with van der Waals surface area (Å²) >= 11 is 0. The number of carbonyl (C=O) groups is 1. The SMILES string of the molecule is CCCc1noc(OCC(=O)c2ccccc2)c1Cc1ccccc1. The Kier molecular flexibility index (Phi) is 5.62. The zero-order valence-electron chi connectivity index (χ0n) is 14.3. The Balaban J connectivity index is 1.75. The molecule has 4 nitrogen and oxygen atoms in total. The second kappa shape index (κ2) is 8.29. The number of hydrogen-bond acceptors (Lipinski definition) is 4. The fourth-order valence-corrected chi connectivity index (χ4v) is 2.68. The van der Waals surface area contributed by atoms with Crippen molar-refractivity contribution in [1.29, 1.82) is 0 Å². The maximum Gasteiger partial charge on any atom is 0.315 e. The van der Waals surface area contributed by atoms with Crippen LogP contribution in [0.1, 0.15) is 40.5 Å². The van der Waals surface area contributed by atoms with Gasteiger partial charge in [0, 0.05) is 12.0 Å². The fraction of sp³-hybridized carbons (Fsp3) is 0.238. The Labute approximate surface area is 147 Å². The van der Waals surface area contributed by atoms with Crippen LogP contribution >= 0.6 is 0 Å². The summed E-state index contributed by atoms with van der Waals surface area (Å²) in [6, 6.07) is 19.2. The summed E-state index contributed by atoms with van der Waals surface area (Å²) in [5.41, 5.74) is 3.60. The highest BCUT2D eigenvalue weighted by Gasteiger charge is 2.18. The number of hydrogen-bond donors (Lipinski definition) is 0. The molecule has 0 aliphatic heterocycles. The summed E-state index contributed by atoms with van der Waals surface area (Å²) in [6.45, 7) is 2.03. The number of ether oxygens (including phenoxy) is 1. The molecule has 3 aromatic rings. The third-order valence-corrected chi connectivity index (χ3v) is 3.97. The van der Waals surface area contributed by atoms with Gasteiger partial charge in [-0.05, 0) is 12.0 Å². The molecule has 0 aliphatic rings. The third-order valence-electron chi connectivity index (χ3n) is 3.97. The van der Waals surface area contributed by atoms with Crippen LogP contribution in [0.25, 0.3) is 0 Å². The van der Waals surface area contributed by atoms with Crippen LogP contribution in [0.3, 0.4) is 0 Å². The summed E-state index contributed by atoms with van der Waals surface area (Å²) < 4.78 is 11.1. The van der Waals surface area contributed by atoms with Crippen molar-refractivity contribution in [2.45, 2.75) is 26.2 Å². The van der Waals surface area contributed by atoms with Gasteiger partial charge in [-0.25, -0.2) is 0 Å². The second-order valence-corrected chi connectivity index (χ2v) is 5.89. The summed E-state index contributed by atoms with van der Waals surface area (Å²) in [4.78, 5) is 12.2. The maximum absolute atomic E-state index is 12.2. The van der Waals surface area contributed by atoms with Gasteiger partial charge >= 0.3 is 5.95 Å². The van der Waals surface area contributed by atoms with Gasteiger partial charge in [0.2, 0.25) is 0 Å². The first kappa shape index (κ1) is 17.0. The Morgan fingerprint density at radius 2 is 1.72 bits per heavy atom. The Morgan fingerprint density at radius 1 is 1.04 bits per heavy atom. The number of rotatable bonds is 8. The van der Waals surface area contributed by atoms with Gasteiger partial charge in [-0.1, -0.05) is 79.2 Å². The van der Waals surface area contributed by atoms with Gasteiger partial charge in [0.15, 0.2) is 12.4 Å². The molecule has 3 rings (SSSR count). The normalized spacial score (nSPS) is 10.6. The van der Waals surface area contributed by atoms with Crippen LogP contribution in [-0.4, -0.2) is 17.5 Å². The van der Waals surface area contributed by atoms with Gasteiger partial charge in [0.1, 0.15) is 0 Å². The maximum atomic E-state index is 12.2. The zero-order chi connectivity index (χ0) is 17.5. The van der Waals surface area contributed by atoms with Crippen molar-refractivity contribution in [3.05, 3.63) is 83.0 Å². The average molecular weight is 335 g/mol. The van der Waals surface area contributed by atoms with E-state index in [0.717, 1.165) is 29.7 Å². The third kappa shape index (κ3) is 4.35. The van der Waals surface area contributed by atoms with E-state index in [1.807, 2.05) is 36.4 Å². The zero-order valence-corrected chi connectivity index (χ0v) is 14.3. The number of ketones is 1. The van der Waals surface area contributed by atoms with Crippen molar-refractivity contribution in [2.75, 3.05) is 6.61 Å². The van der Waals surface area contributed by atoms with Crippen LogP contribution in [0, 0.1) is 0 Å². The number of aromatic nitrogens is 1. The van der Waals surface area contributed by atoms with E-state index in [4.69, 9.17) is 9.26 Å².